The molecular formula is C43H64N2O4. The summed E-state index contributed by atoms with van der Waals surface area (Å²) in [7, 11) is 0. The lowest BCUT2D eigenvalue weighted by Gasteiger charge is -2.71. The molecular weight excluding hydrogens is 608 g/mol. The Kier molecular flexibility index (Phi) is 8.99. The van der Waals surface area contributed by atoms with Crippen LogP contribution in [0.25, 0.3) is 0 Å². The van der Waals surface area contributed by atoms with Crippen molar-refractivity contribution in [1.29, 1.82) is 0 Å². The Balaban J connectivity index is 1.06. The van der Waals surface area contributed by atoms with E-state index in [0.717, 1.165) is 70.1 Å². The van der Waals surface area contributed by atoms with Gasteiger partial charge in [-0.2, -0.15) is 0 Å². The lowest BCUT2D eigenvalue weighted by atomic mass is 9.33. The fraction of sp³-hybridized carbons (Fsp3) is 0.767. The molecule has 7 rings (SSSR count). The van der Waals surface area contributed by atoms with Crippen LogP contribution < -0.4 is 0 Å². The fourth-order valence-corrected chi connectivity index (χ4v) is 13.2. The number of fused-ring (bicyclic) bond motifs is 7. The van der Waals surface area contributed by atoms with Gasteiger partial charge in [-0.25, -0.2) is 0 Å². The third-order valence-electron chi connectivity index (χ3n) is 16.7. The normalized spacial score (nSPS) is 43.3. The fourth-order valence-electron chi connectivity index (χ4n) is 13.2. The van der Waals surface area contributed by atoms with Gasteiger partial charge >= 0.3 is 5.97 Å². The minimum absolute atomic E-state index is 0.0445. The van der Waals surface area contributed by atoms with Crippen LogP contribution in [0, 0.1) is 56.7 Å². The molecule has 1 aliphatic heterocycles. The Morgan fingerprint density at radius 1 is 0.857 bits per heavy atom. The quantitative estimate of drug-likeness (QED) is 0.254. The standard InChI is InChI=1S/C43H64N2O4/c1-29-15-20-43(38(48)49-28-27-44-23-25-45(26-24-44)37(47)31-11-9-8-10-12-31)22-21-41(6)32(36(43)30(29)2)13-14-34-40(5)18-17-35(46)39(3,4)33(40)16-19-42(34,41)7/h8-13,29-30,33-36,46H,14-28H2,1-7H3. The Morgan fingerprint density at radius 2 is 1.57 bits per heavy atom. The summed E-state index contributed by atoms with van der Waals surface area (Å²) in [4.78, 5) is 31.7. The van der Waals surface area contributed by atoms with Crippen LogP contribution in [0.2, 0.25) is 0 Å². The van der Waals surface area contributed by atoms with Crippen LogP contribution in [0.15, 0.2) is 42.0 Å². The molecule has 5 aliphatic carbocycles. The van der Waals surface area contributed by atoms with Crippen LogP contribution >= 0.6 is 0 Å². The Bertz CT molecular complexity index is 1450. The van der Waals surface area contributed by atoms with Crippen LogP contribution in [-0.4, -0.2) is 72.2 Å². The van der Waals surface area contributed by atoms with Crippen molar-refractivity contribution in [2.45, 2.75) is 112 Å². The Labute approximate surface area is 296 Å². The molecule has 10 atom stereocenters. The van der Waals surface area contributed by atoms with Gasteiger partial charge in [-0.05, 0) is 121 Å². The number of allylic oxidation sites excluding steroid dienone is 2. The second-order valence-corrected chi connectivity index (χ2v) is 18.8. The van der Waals surface area contributed by atoms with Crippen molar-refractivity contribution in [1.82, 2.24) is 9.80 Å². The highest BCUT2D eigenvalue weighted by atomic mass is 16.5. The number of rotatable bonds is 5. The van der Waals surface area contributed by atoms with Crippen molar-refractivity contribution in [3.05, 3.63) is 47.5 Å². The molecule has 5 fully saturated rings. The average Bonchev–Trinajstić information content (AvgIpc) is 3.09. The van der Waals surface area contributed by atoms with Gasteiger partial charge < -0.3 is 14.7 Å². The zero-order valence-corrected chi connectivity index (χ0v) is 31.6. The average molecular weight is 673 g/mol. The van der Waals surface area contributed by atoms with Gasteiger partial charge in [0.15, 0.2) is 0 Å². The highest BCUT2D eigenvalue weighted by Crippen LogP contribution is 2.75. The van der Waals surface area contributed by atoms with Crippen molar-refractivity contribution < 1.29 is 19.4 Å². The van der Waals surface area contributed by atoms with Crippen molar-refractivity contribution in [2.75, 3.05) is 39.3 Å². The van der Waals surface area contributed by atoms with Crippen molar-refractivity contribution >= 4 is 11.9 Å². The zero-order chi connectivity index (χ0) is 35.0. The van der Waals surface area contributed by atoms with Crippen LogP contribution in [0.3, 0.4) is 0 Å². The first-order valence-corrected chi connectivity index (χ1v) is 19.8. The van der Waals surface area contributed by atoms with E-state index in [1.54, 1.807) is 5.57 Å². The number of ether oxygens (including phenoxy) is 1. The highest BCUT2D eigenvalue weighted by Gasteiger charge is 2.69. The van der Waals surface area contributed by atoms with E-state index in [1.807, 2.05) is 35.2 Å². The van der Waals surface area contributed by atoms with Gasteiger partial charge in [0.25, 0.3) is 5.91 Å². The number of aliphatic hydroxyl groups is 1. The number of carbonyl (C=O) groups excluding carboxylic acids is 2. The summed E-state index contributed by atoms with van der Waals surface area (Å²) in [6, 6.07) is 9.55. The maximum Gasteiger partial charge on any atom is 0.312 e. The number of carbonyl (C=O) groups is 2. The van der Waals surface area contributed by atoms with Crippen molar-refractivity contribution in [3.8, 4) is 0 Å². The van der Waals surface area contributed by atoms with Crippen LogP contribution in [0.5, 0.6) is 0 Å². The second-order valence-electron chi connectivity index (χ2n) is 18.8. The van der Waals surface area contributed by atoms with Crippen LogP contribution in [0.4, 0.5) is 0 Å². The Morgan fingerprint density at radius 3 is 2.29 bits per heavy atom. The Hall–Kier alpha value is -2.18. The molecule has 1 saturated heterocycles. The number of hydrogen-bond donors (Lipinski definition) is 1. The number of hydrogen-bond acceptors (Lipinski definition) is 5. The number of esters is 1. The minimum Gasteiger partial charge on any atom is -0.464 e. The van der Waals surface area contributed by atoms with Gasteiger partial charge in [0, 0.05) is 38.3 Å². The van der Waals surface area contributed by atoms with E-state index in [1.165, 1.54) is 12.8 Å². The summed E-state index contributed by atoms with van der Waals surface area (Å²) >= 11 is 0. The number of piperazine rings is 1. The van der Waals surface area contributed by atoms with E-state index in [2.05, 4.69) is 59.4 Å². The molecule has 6 nitrogen and oxygen atoms in total. The van der Waals surface area contributed by atoms with Crippen molar-refractivity contribution in [3.63, 3.8) is 0 Å². The van der Waals surface area contributed by atoms with Gasteiger partial charge in [-0.15, -0.1) is 0 Å². The maximum atomic E-state index is 14.5. The van der Waals surface area contributed by atoms with E-state index in [9.17, 15) is 14.7 Å². The summed E-state index contributed by atoms with van der Waals surface area (Å²) in [5, 5.41) is 11.1. The highest BCUT2D eigenvalue weighted by molar-refractivity contribution is 5.94. The summed E-state index contributed by atoms with van der Waals surface area (Å²) in [6.07, 6.45) is 12.0. The van der Waals surface area contributed by atoms with Crippen LogP contribution in [-0.2, 0) is 9.53 Å². The third kappa shape index (κ3) is 5.30. The predicted molar refractivity (Wildman–Crippen MR) is 195 cm³/mol. The van der Waals surface area contributed by atoms with E-state index >= 15 is 0 Å². The molecule has 49 heavy (non-hydrogen) atoms. The predicted octanol–water partition coefficient (Wildman–Crippen LogP) is 8.01. The van der Waals surface area contributed by atoms with Crippen LogP contribution in [0.1, 0.15) is 117 Å². The van der Waals surface area contributed by atoms with Gasteiger partial charge in [-0.1, -0.05) is 78.3 Å². The van der Waals surface area contributed by atoms with Gasteiger partial charge in [0.05, 0.1) is 11.5 Å². The topological polar surface area (TPSA) is 70.1 Å². The smallest absolute Gasteiger partial charge is 0.312 e. The first-order chi connectivity index (χ1) is 23.2. The summed E-state index contributed by atoms with van der Waals surface area (Å²) in [5.41, 5.74) is 2.33. The van der Waals surface area contributed by atoms with Gasteiger partial charge in [-0.3, -0.25) is 14.5 Å². The molecule has 1 heterocycles. The monoisotopic (exact) mass is 672 g/mol. The van der Waals surface area contributed by atoms with Crippen molar-refractivity contribution in [2.24, 2.45) is 56.7 Å². The number of nitrogens with zero attached hydrogens (tertiary/aromatic N) is 2. The molecule has 0 aromatic heterocycles. The molecule has 10 unspecified atom stereocenters. The number of amides is 1. The molecule has 6 heteroatoms. The lowest BCUT2D eigenvalue weighted by molar-refractivity contribution is -0.207. The minimum atomic E-state index is -0.431. The molecule has 1 aromatic carbocycles. The molecule has 0 bridgehead atoms. The first kappa shape index (κ1) is 35.2. The number of benzene rings is 1. The van der Waals surface area contributed by atoms with E-state index in [-0.39, 0.29) is 45.6 Å². The molecule has 1 amide bonds. The molecule has 1 N–H and O–H groups in total. The number of aliphatic hydroxyl groups excluding tert-OH is 1. The second kappa shape index (κ2) is 12.5. The lowest BCUT2D eigenvalue weighted by Crippen LogP contribution is -2.65. The summed E-state index contributed by atoms with van der Waals surface area (Å²) in [5.74, 6) is 2.55. The molecule has 4 saturated carbocycles. The zero-order valence-electron chi connectivity index (χ0n) is 31.6. The summed E-state index contributed by atoms with van der Waals surface area (Å²) in [6.45, 7) is 21.4. The molecule has 270 valence electrons. The molecule has 0 spiro atoms. The van der Waals surface area contributed by atoms with E-state index in [4.69, 9.17) is 4.74 Å². The molecule has 0 radical (unpaired) electrons. The maximum absolute atomic E-state index is 14.5. The SMILES string of the molecule is CC1CCC2(C(=O)OCCN3CCN(C(=O)c4ccccc4)CC3)CCC3(C)C(=CCC4C5(C)CCC(O)C(C)(C)C5CCC43C)C2C1C. The summed E-state index contributed by atoms with van der Waals surface area (Å²) < 4.78 is 6.32. The molecule has 1 aromatic rings. The first-order valence-electron chi connectivity index (χ1n) is 19.8. The van der Waals surface area contributed by atoms with E-state index in [0.29, 0.717) is 43.4 Å². The van der Waals surface area contributed by atoms with Gasteiger partial charge in [0.1, 0.15) is 6.61 Å². The largest absolute Gasteiger partial charge is 0.464 e. The van der Waals surface area contributed by atoms with E-state index < -0.39 is 5.41 Å². The molecule has 6 aliphatic rings. The third-order valence-corrected chi connectivity index (χ3v) is 16.7. The van der Waals surface area contributed by atoms with Gasteiger partial charge in [0.2, 0.25) is 0 Å².